The van der Waals surface area contributed by atoms with Crippen molar-refractivity contribution in [2.24, 2.45) is 0 Å². The number of carbonyl (C=O) groups is 1. The summed E-state index contributed by atoms with van der Waals surface area (Å²) >= 11 is 0. The van der Waals surface area contributed by atoms with Gasteiger partial charge in [-0.15, -0.1) is 0 Å². The Morgan fingerprint density at radius 1 is 0.880 bits per heavy atom. The number of methoxy groups -OCH3 is 3. The number of ether oxygens (including phenoxy) is 4. The number of hydrogen-bond acceptors (Lipinski definition) is 5. The molecule has 0 unspecified atom stereocenters. The van der Waals surface area contributed by atoms with Crippen molar-refractivity contribution in [2.45, 2.75) is 0 Å². The van der Waals surface area contributed by atoms with Crippen molar-refractivity contribution in [1.82, 2.24) is 4.90 Å². The third kappa shape index (κ3) is 4.79. The largest absolute Gasteiger partial charge is 0.497 e. The van der Waals surface area contributed by atoms with Gasteiger partial charge in [0.15, 0.2) is 11.5 Å². The van der Waals surface area contributed by atoms with Gasteiger partial charge in [0.25, 0.3) is 5.91 Å². The molecule has 0 aromatic heterocycles. The lowest BCUT2D eigenvalue weighted by Crippen LogP contribution is -2.30. The van der Waals surface area contributed by atoms with E-state index in [-0.39, 0.29) is 5.91 Å². The van der Waals surface area contributed by atoms with Gasteiger partial charge in [-0.2, -0.15) is 0 Å². The number of nitrogens with zero attached hydrogens (tertiary/aromatic N) is 1. The van der Waals surface area contributed by atoms with Crippen LogP contribution < -0.4 is 18.9 Å². The van der Waals surface area contributed by atoms with Gasteiger partial charge in [-0.1, -0.05) is 0 Å². The van der Waals surface area contributed by atoms with Crippen molar-refractivity contribution in [3.8, 4) is 23.0 Å². The maximum absolute atomic E-state index is 12.5. The molecule has 2 aromatic carbocycles. The molecule has 1 amide bonds. The van der Waals surface area contributed by atoms with Crippen LogP contribution in [-0.4, -0.2) is 52.3 Å². The van der Waals surface area contributed by atoms with E-state index in [0.717, 1.165) is 11.5 Å². The minimum absolute atomic E-state index is 0.112. The van der Waals surface area contributed by atoms with Crippen LogP contribution in [0, 0.1) is 0 Å². The highest BCUT2D eigenvalue weighted by molar-refractivity contribution is 5.94. The van der Waals surface area contributed by atoms with E-state index in [2.05, 4.69) is 0 Å². The zero-order valence-electron chi connectivity index (χ0n) is 14.9. The molecule has 0 atom stereocenters. The molecule has 0 radical (unpaired) electrons. The number of carbonyl (C=O) groups excluding carboxylic acids is 1. The Balaban J connectivity index is 1.91. The molecule has 6 nitrogen and oxygen atoms in total. The lowest BCUT2D eigenvalue weighted by Gasteiger charge is -2.18. The van der Waals surface area contributed by atoms with Gasteiger partial charge in [-0.25, -0.2) is 0 Å². The molecule has 25 heavy (non-hydrogen) atoms. The van der Waals surface area contributed by atoms with Crippen LogP contribution in [0.4, 0.5) is 0 Å². The Labute approximate surface area is 147 Å². The molecule has 134 valence electrons. The van der Waals surface area contributed by atoms with Crippen molar-refractivity contribution in [2.75, 3.05) is 41.5 Å². The number of hydrogen-bond donors (Lipinski definition) is 0. The second-order valence-corrected chi connectivity index (χ2v) is 5.32. The smallest absolute Gasteiger partial charge is 0.253 e. The average molecular weight is 345 g/mol. The molecule has 0 spiro atoms. The van der Waals surface area contributed by atoms with Crippen LogP contribution in [0.15, 0.2) is 42.5 Å². The van der Waals surface area contributed by atoms with E-state index in [1.807, 2.05) is 24.3 Å². The van der Waals surface area contributed by atoms with Gasteiger partial charge in [0.05, 0.1) is 27.9 Å². The summed E-state index contributed by atoms with van der Waals surface area (Å²) in [5.41, 5.74) is 0.532. The third-order valence-corrected chi connectivity index (χ3v) is 3.73. The third-order valence-electron chi connectivity index (χ3n) is 3.73. The monoisotopic (exact) mass is 345 g/mol. The van der Waals surface area contributed by atoms with Crippen LogP contribution in [0.2, 0.25) is 0 Å². The molecule has 0 aliphatic carbocycles. The Hall–Kier alpha value is -2.89. The Bertz CT molecular complexity index is 699. The lowest BCUT2D eigenvalue weighted by atomic mass is 10.2. The maximum atomic E-state index is 12.5. The average Bonchev–Trinajstić information content (AvgIpc) is 2.67. The summed E-state index contributed by atoms with van der Waals surface area (Å²) in [6.07, 6.45) is 0. The quantitative estimate of drug-likeness (QED) is 0.736. The molecule has 0 bridgehead atoms. The van der Waals surface area contributed by atoms with E-state index in [4.69, 9.17) is 18.9 Å². The molecule has 0 N–H and O–H groups in total. The molecule has 2 aromatic rings. The normalized spacial score (nSPS) is 10.1. The fourth-order valence-electron chi connectivity index (χ4n) is 2.26. The molecular weight excluding hydrogens is 322 g/mol. The highest BCUT2D eigenvalue weighted by Crippen LogP contribution is 2.27. The van der Waals surface area contributed by atoms with E-state index in [1.165, 1.54) is 0 Å². The molecule has 0 saturated heterocycles. The van der Waals surface area contributed by atoms with Crippen LogP contribution in [0.5, 0.6) is 23.0 Å². The highest BCUT2D eigenvalue weighted by atomic mass is 16.5. The van der Waals surface area contributed by atoms with E-state index < -0.39 is 0 Å². The van der Waals surface area contributed by atoms with Crippen molar-refractivity contribution in [3.63, 3.8) is 0 Å². The molecule has 2 rings (SSSR count). The summed E-state index contributed by atoms with van der Waals surface area (Å²) < 4.78 is 21.2. The van der Waals surface area contributed by atoms with Gasteiger partial charge in [0.1, 0.15) is 18.1 Å². The number of likely N-dealkylation sites (N-methyl/N-ethyl adjacent to an activating group) is 1. The Morgan fingerprint density at radius 3 is 2.12 bits per heavy atom. The number of rotatable bonds is 8. The van der Waals surface area contributed by atoms with Crippen molar-refractivity contribution >= 4 is 5.91 Å². The fraction of sp³-hybridized carbons (Fsp3) is 0.316. The molecule has 0 heterocycles. The van der Waals surface area contributed by atoms with Crippen molar-refractivity contribution in [3.05, 3.63) is 48.0 Å². The Morgan fingerprint density at radius 2 is 1.52 bits per heavy atom. The van der Waals surface area contributed by atoms with Crippen LogP contribution in [0.3, 0.4) is 0 Å². The minimum atomic E-state index is -0.112. The second kappa shape index (κ2) is 8.82. The zero-order chi connectivity index (χ0) is 18.2. The first-order valence-electron chi connectivity index (χ1n) is 7.83. The minimum Gasteiger partial charge on any atom is -0.497 e. The zero-order valence-corrected chi connectivity index (χ0v) is 14.9. The van der Waals surface area contributed by atoms with Crippen LogP contribution >= 0.6 is 0 Å². The maximum Gasteiger partial charge on any atom is 0.253 e. The summed E-state index contributed by atoms with van der Waals surface area (Å²) in [7, 11) is 6.45. The topological polar surface area (TPSA) is 57.2 Å². The van der Waals surface area contributed by atoms with Gasteiger partial charge in [0.2, 0.25) is 0 Å². The van der Waals surface area contributed by atoms with Gasteiger partial charge in [-0.3, -0.25) is 4.79 Å². The second-order valence-electron chi connectivity index (χ2n) is 5.32. The van der Waals surface area contributed by atoms with E-state index >= 15 is 0 Å². The van der Waals surface area contributed by atoms with Gasteiger partial charge >= 0.3 is 0 Å². The van der Waals surface area contributed by atoms with Gasteiger partial charge < -0.3 is 23.8 Å². The Kier molecular flexibility index (Phi) is 6.51. The van der Waals surface area contributed by atoms with E-state index in [1.54, 1.807) is 51.5 Å². The van der Waals surface area contributed by atoms with E-state index in [9.17, 15) is 4.79 Å². The predicted octanol–water partition coefficient (Wildman–Crippen LogP) is 2.86. The van der Waals surface area contributed by atoms with Gasteiger partial charge in [-0.05, 0) is 42.5 Å². The van der Waals surface area contributed by atoms with Crippen molar-refractivity contribution < 1.29 is 23.7 Å². The summed E-state index contributed by atoms with van der Waals surface area (Å²) in [4.78, 5) is 14.1. The summed E-state index contributed by atoms with van der Waals surface area (Å²) in [6, 6.07) is 12.4. The number of benzene rings is 2. The summed E-state index contributed by atoms with van der Waals surface area (Å²) in [6.45, 7) is 0.848. The van der Waals surface area contributed by atoms with Crippen LogP contribution in [-0.2, 0) is 0 Å². The van der Waals surface area contributed by atoms with Crippen LogP contribution in [0.25, 0.3) is 0 Å². The molecule has 0 aliphatic rings. The number of amides is 1. The first-order valence-corrected chi connectivity index (χ1v) is 7.83. The highest BCUT2D eigenvalue weighted by Gasteiger charge is 2.14. The summed E-state index contributed by atoms with van der Waals surface area (Å²) in [5, 5.41) is 0. The van der Waals surface area contributed by atoms with Crippen LogP contribution in [0.1, 0.15) is 10.4 Å². The van der Waals surface area contributed by atoms with Gasteiger partial charge in [0, 0.05) is 12.6 Å². The first-order chi connectivity index (χ1) is 12.1. The molecule has 0 saturated carbocycles. The summed E-state index contributed by atoms with van der Waals surface area (Å²) in [5.74, 6) is 2.50. The molecular formula is C19H23NO5. The lowest BCUT2D eigenvalue weighted by molar-refractivity contribution is 0.0773. The standard InChI is InChI=1S/C19H23NO5/c1-20(11-12-25-16-8-6-15(22-2)7-9-16)19(21)14-5-10-17(23-3)18(13-14)24-4/h5-10,13H,11-12H2,1-4H3. The van der Waals surface area contributed by atoms with E-state index in [0.29, 0.717) is 30.2 Å². The SMILES string of the molecule is COc1ccc(OCCN(C)C(=O)c2ccc(OC)c(OC)c2)cc1. The predicted molar refractivity (Wildman–Crippen MR) is 95.0 cm³/mol. The molecule has 0 fully saturated rings. The molecule has 0 aliphatic heterocycles. The van der Waals surface area contributed by atoms with Crippen molar-refractivity contribution in [1.29, 1.82) is 0 Å². The first kappa shape index (κ1) is 18.4. The fourth-order valence-corrected chi connectivity index (χ4v) is 2.26. The molecule has 6 heteroatoms.